The third-order valence-electron chi connectivity index (χ3n) is 3.49. The smallest absolute Gasteiger partial charge is 0.143 e. The summed E-state index contributed by atoms with van der Waals surface area (Å²) in [5, 5.41) is 0. The molecule has 0 atom stereocenters. The lowest BCUT2D eigenvalue weighted by molar-refractivity contribution is 0.645. The second kappa shape index (κ2) is 4.62. The number of hydrogen-bond acceptors (Lipinski definition) is 3. The number of nitrogen functional groups attached to an aromatic ring is 1. The molecule has 0 spiro atoms. The van der Waals surface area contributed by atoms with Crippen LogP contribution in [0.25, 0.3) is 0 Å². The molecule has 4 heteroatoms. The van der Waals surface area contributed by atoms with Crippen LogP contribution in [-0.4, -0.2) is 18.1 Å². The molecule has 2 N–H and O–H groups in total. The summed E-state index contributed by atoms with van der Waals surface area (Å²) in [7, 11) is 2.12. The fourth-order valence-corrected chi connectivity index (χ4v) is 2.90. The van der Waals surface area contributed by atoms with Gasteiger partial charge in [-0.15, -0.1) is 0 Å². The van der Waals surface area contributed by atoms with Gasteiger partial charge in [-0.1, -0.05) is 12.8 Å². The number of nitrogens with two attached hydrogens (primary N) is 1. The second-order valence-electron chi connectivity index (χ2n) is 4.53. The fourth-order valence-electron chi connectivity index (χ4n) is 2.29. The lowest BCUT2D eigenvalue weighted by atomic mass is 10.2. The zero-order valence-corrected chi connectivity index (χ0v) is 11.4. The Kier molecular flexibility index (Phi) is 3.38. The SMILES string of the molecule is Cc1c(N)cnc(N(C)C2CCCC2)c1Br. The maximum absolute atomic E-state index is 5.83. The number of nitrogens with zero attached hydrogens (tertiary/aromatic N) is 2. The van der Waals surface area contributed by atoms with Crippen LogP contribution >= 0.6 is 15.9 Å². The van der Waals surface area contributed by atoms with Crippen LogP contribution < -0.4 is 10.6 Å². The van der Waals surface area contributed by atoms with E-state index in [0.717, 1.165) is 21.5 Å². The molecule has 0 aliphatic heterocycles. The van der Waals surface area contributed by atoms with Crippen molar-refractivity contribution in [2.45, 2.75) is 38.6 Å². The molecule has 1 aliphatic rings. The van der Waals surface area contributed by atoms with Crippen LogP contribution in [0.4, 0.5) is 11.5 Å². The van der Waals surface area contributed by atoms with E-state index in [1.165, 1.54) is 25.7 Å². The number of hydrogen-bond donors (Lipinski definition) is 1. The van der Waals surface area contributed by atoms with E-state index in [-0.39, 0.29) is 0 Å². The molecule has 0 amide bonds. The summed E-state index contributed by atoms with van der Waals surface area (Å²) in [6.07, 6.45) is 6.96. The van der Waals surface area contributed by atoms with Gasteiger partial charge < -0.3 is 10.6 Å². The van der Waals surface area contributed by atoms with Crippen LogP contribution in [0.5, 0.6) is 0 Å². The molecule has 2 rings (SSSR count). The normalized spacial score (nSPS) is 16.7. The molecule has 88 valence electrons. The van der Waals surface area contributed by atoms with Crippen molar-refractivity contribution in [3.05, 3.63) is 16.2 Å². The van der Waals surface area contributed by atoms with E-state index in [1.807, 2.05) is 6.92 Å². The Morgan fingerprint density at radius 2 is 2.06 bits per heavy atom. The lowest BCUT2D eigenvalue weighted by Crippen LogP contribution is -2.30. The summed E-state index contributed by atoms with van der Waals surface area (Å²) in [5.74, 6) is 1.01. The monoisotopic (exact) mass is 283 g/mol. The molecular weight excluding hydrogens is 266 g/mol. The van der Waals surface area contributed by atoms with Crippen molar-refractivity contribution >= 4 is 27.4 Å². The third-order valence-corrected chi connectivity index (χ3v) is 4.44. The van der Waals surface area contributed by atoms with Crippen LogP contribution in [0, 0.1) is 6.92 Å². The number of aromatic nitrogens is 1. The number of anilines is 2. The molecule has 1 aromatic rings. The van der Waals surface area contributed by atoms with Crippen molar-refractivity contribution < 1.29 is 0 Å². The van der Waals surface area contributed by atoms with Gasteiger partial charge in [-0.2, -0.15) is 0 Å². The maximum Gasteiger partial charge on any atom is 0.143 e. The average Bonchev–Trinajstić information content (AvgIpc) is 2.79. The second-order valence-corrected chi connectivity index (χ2v) is 5.32. The van der Waals surface area contributed by atoms with Gasteiger partial charge in [0.2, 0.25) is 0 Å². The van der Waals surface area contributed by atoms with Gasteiger partial charge in [0, 0.05) is 13.1 Å². The van der Waals surface area contributed by atoms with Crippen molar-refractivity contribution in [1.82, 2.24) is 4.98 Å². The summed E-state index contributed by atoms with van der Waals surface area (Å²) in [5.41, 5.74) is 7.66. The Labute approximate surface area is 105 Å². The van der Waals surface area contributed by atoms with Gasteiger partial charge in [0.15, 0.2) is 0 Å². The van der Waals surface area contributed by atoms with Crippen LogP contribution in [-0.2, 0) is 0 Å². The Morgan fingerprint density at radius 1 is 1.44 bits per heavy atom. The van der Waals surface area contributed by atoms with Gasteiger partial charge in [-0.05, 0) is 41.3 Å². The van der Waals surface area contributed by atoms with Crippen molar-refractivity contribution in [3.63, 3.8) is 0 Å². The molecule has 1 saturated carbocycles. The highest BCUT2D eigenvalue weighted by Crippen LogP contribution is 2.33. The van der Waals surface area contributed by atoms with Crippen molar-refractivity contribution in [2.24, 2.45) is 0 Å². The van der Waals surface area contributed by atoms with Crippen molar-refractivity contribution in [2.75, 3.05) is 17.7 Å². The summed E-state index contributed by atoms with van der Waals surface area (Å²) in [6, 6.07) is 0.631. The van der Waals surface area contributed by atoms with Crippen molar-refractivity contribution in [1.29, 1.82) is 0 Å². The Morgan fingerprint density at radius 3 is 2.69 bits per heavy atom. The highest BCUT2D eigenvalue weighted by Gasteiger charge is 2.22. The molecular formula is C12H18BrN3. The molecule has 0 saturated heterocycles. The Bertz CT molecular complexity index is 386. The van der Waals surface area contributed by atoms with Crippen molar-refractivity contribution in [3.8, 4) is 0 Å². The highest BCUT2D eigenvalue weighted by atomic mass is 79.9. The minimum absolute atomic E-state index is 0.631. The molecule has 1 heterocycles. The first-order valence-corrected chi connectivity index (χ1v) is 6.54. The van der Waals surface area contributed by atoms with Gasteiger partial charge in [-0.3, -0.25) is 0 Å². The summed E-state index contributed by atoms with van der Waals surface area (Å²) in [4.78, 5) is 6.72. The van der Waals surface area contributed by atoms with Gasteiger partial charge >= 0.3 is 0 Å². The number of halogens is 1. The first-order chi connectivity index (χ1) is 7.61. The molecule has 1 aliphatic carbocycles. The van der Waals surface area contributed by atoms with Crippen LogP contribution in [0.1, 0.15) is 31.2 Å². The maximum atomic E-state index is 5.83. The van der Waals surface area contributed by atoms with E-state index < -0.39 is 0 Å². The predicted octanol–water partition coefficient (Wildman–Crippen LogP) is 3.11. The largest absolute Gasteiger partial charge is 0.397 e. The minimum Gasteiger partial charge on any atom is -0.397 e. The topological polar surface area (TPSA) is 42.1 Å². The number of pyridine rings is 1. The summed E-state index contributed by atoms with van der Waals surface area (Å²) >= 11 is 3.59. The molecule has 0 unspecified atom stereocenters. The zero-order valence-electron chi connectivity index (χ0n) is 9.83. The van der Waals surface area contributed by atoms with Crippen LogP contribution in [0.15, 0.2) is 10.7 Å². The molecule has 0 bridgehead atoms. The van der Waals surface area contributed by atoms with E-state index >= 15 is 0 Å². The zero-order chi connectivity index (χ0) is 11.7. The summed E-state index contributed by atoms with van der Waals surface area (Å²) in [6.45, 7) is 2.02. The van der Waals surface area contributed by atoms with Crippen LogP contribution in [0.2, 0.25) is 0 Å². The molecule has 3 nitrogen and oxygen atoms in total. The third kappa shape index (κ3) is 2.03. The summed E-state index contributed by atoms with van der Waals surface area (Å²) < 4.78 is 1.03. The predicted molar refractivity (Wildman–Crippen MR) is 71.7 cm³/mol. The van der Waals surface area contributed by atoms with Crippen LogP contribution in [0.3, 0.4) is 0 Å². The molecule has 0 radical (unpaired) electrons. The van der Waals surface area contributed by atoms with E-state index in [2.05, 4.69) is 32.9 Å². The van der Waals surface area contributed by atoms with Gasteiger partial charge in [-0.25, -0.2) is 4.98 Å². The lowest BCUT2D eigenvalue weighted by Gasteiger charge is -2.27. The molecule has 1 aromatic heterocycles. The van der Waals surface area contributed by atoms with E-state index in [4.69, 9.17) is 5.73 Å². The minimum atomic E-state index is 0.631. The van der Waals surface area contributed by atoms with E-state index in [0.29, 0.717) is 6.04 Å². The van der Waals surface area contributed by atoms with Gasteiger partial charge in [0.1, 0.15) is 5.82 Å². The van der Waals surface area contributed by atoms with E-state index in [1.54, 1.807) is 6.20 Å². The van der Waals surface area contributed by atoms with Gasteiger partial charge in [0.05, 0.1) is 16.4 Å². The fraction of sp³-hybridized carbons (Fsp3) is 0.583. The average molecular weight is 284 g/mol. The van der Waals surface area contributed by atoms with Gasteiger partial charge in [0.25, 0.3) is 0 Å². The molecule has 0 aromatic carbocycles. The Balaban J connectivity index is 2.29. The first kappa shape index (κ1) is 11.7. The Hall–Kier alpha value is -0.770. The highest BCUT2D eigenvalue weighted by molar-refractivity contribution is 9.10. The standard InChI is InChI=1S/C12H18BrN3/c1-8-10(14)7-15-12(11(8)13)16(2)9-5-3-4-6-9/h7,9H,3-6,14H2,1-2H3. The van der Waals surface area contributed by atoms with E-state index in [9.17, 15) is 0 Å². The number of rotatable bonds is 2. The quantitative estimate of drug-likeness (QED) is 0.907. The molecule has 1 fully saturated rings. The molecule has 16 heavy (non-hydrogen) atoms. The first-order valence-electron chi connectivity index (χ1n) is 5.74.